The first-order valence-electron chi connectivity index (χ1n) is 6.66. The number of carbonyl (C=O) groups is 2. The van der Waals surface area contributed by atoms with E-state index >= 15 is 0 Å². The molecule has 0 saturated heterocycles. The maximum atomic E-state index is 11.7. The van der Waals surface area contributed by atoms with Crippen LogP contribution in [0.4, 0.5) is 11.4 Å². The molecule has 0 aliphatic heterocycles. The first-order chi connectivity index (χ1) is 9.53. The Balaban J connectivity index is 2.96. The van der Waals surface area contributed by atoms with Crippen LogP contribution in [0, 0.1) is 0 Å². The lowest BCUT2D eigenvalue weighted by Gasteiger charge is -2.24. The van der Waals surface area contributed by atoms with E-state index in [2.05, 4.69) is 10.6 Å². The van der Waals surface area contributed by atoms with Gasteiger partial charge >= 0.3 is 0 Å². The fraction of sp³-hybridized carbons (Fsp3) is 0.429. The van der Waals surface area contributed by atoms with Gasteiger partial charge in [-0.25, -0.2) is 0 Å². The molecule has 0 fully saturated rings. The van der Waals surface area contributed by atoms with Crippen LogP contribution in [0.25, 0.3) is 0 Å². The molecule has 4 N–H and O–H groups in total. The molecule has 0 aliphatic carbocycles. The number of nitrogens with one attached hydrogen (secondary N) is 2. The molecule has 0 bridgehead atoms. The number of benzene rings is 1. The minimum Gasteiger partial charge on any atom is -0.397 e. The Labute approximate surface area is 119 Å². The first-order valence-corrected chi connectivity index (χ1v) is 6.66. The van der Waals surface area contributed by atoms with Gasteiger partial charge in [-0.3, -0.25) is 9.59 Å². The number of hydrogen-bond donors (Lipinski definition) is 3. The smallest absolute Gasteiger partial charge is 0.251 e. The molecule has 110 valence electrons. The van der Waals surface area contributed by atoms with Crippen molar-refractivity contribution in [2.75, 3.05) is 37.3 Å². The van der Waals surface area contributed by atoms with Crippen LogP contribution in [0.15, 0.2) is 18.2 Å². The van der Waals surface area contributed by atoms with Gasteiger partial charge in [0.25, 0.3) is 5.91 Å². The van der Waals surface area contributed by atoms with E-state index in [4.69, 9.17) is 5.73 Å². The number of nitrogens with two attached hydrogens (primary N) is 1. The van der Waals surface area contributed by atoms with Gasteiger partial charge < -0.3 is 21.3 Å². The van der Waals surface area contributed by atoms with Crippen molar-refractivity contribution < 1.29 is 9.59 Å². The lowest BCUT2D eigenvalue weighted by molar-refractivity contribution is -0.119. The van der Waals surface area contributed by atoms with E-state index in [1.165, 1.54) is 0 Å². The van der Waals surface area contributed by atoms with Crippen molar-refractivity contribution in [2.45, 2.75) is 13.8 Å². The number of nitrogens with zero attached hydrogens (tertiary/aromatic N) is 1. The Bertz CT molecular complexity index is 488. The largest absolute Gasteiger partial charge is 0.397 e. The molecule has 0 atom stereocenters. The zero-order valence-electron chi connectivity index (χ0n) is 12.2. The summed E-state index contributed by atoms with van der Waals surface area (Å²) in [4.78, 5) is 25.1. The van der Waals surface area contributed by atoms with Crippen LogP contribution in [0.5, 0.6) is 0 Å². The third-order valence-electron chi connectivity index (χ3n) is 2.96. The summed E-state index contributed by atoms with van der Waals surface area (Å²) in [6.45, 7) is 5.26. The summed E-state index contributed by atoms with van der Waals surface area (Å²) >= 11 is 0. The number of likely N-dealkylation sites (N-methyl/N-ethyl adjacent to an activating group) is 2. The Kier molecular flexibility index (Phi) is 5.83. The number of nitrogen functional groups attached to an aromatic ring is 1. The Hall–Kier alpha value is -2.24. The average molecular weight is 278 g/mol. The zero-order chi connectivity index (χ0) is 15.1. The number of rotatable bonds is 6. The summed E-state index contributed by atoms with van der Waals surface area (Å²) in [6.07, 6.45) is 0. The Morgan fingerprint density at radius 1 is 1.30 bits per heavy atom. The number of carbonyl (C=O) groups excluding carboxylic acids is 2. The summed E-state index contributed by atoms with van der Waals surface area (Å²) in [6, 6.07) is 5.11. The van der Waals surface area contributed by atoms with Crippen molar-refractivity contribution >= 4 is 23.2 Å². The molecular weight excluding hydrogens is 256 g/mol. The van der Waals surface area contributed by atoms with Gasteiger partial charge in [-0.05, 0) is 32.0 Å². The fourth-order valence-corrected chi connectivity index (χ4v) is 1.87. The van der Waals surface area contributed by atoms with E-state index in [1.54, 1.807) is 25.2 Å². The summed E-state index contributed by atoms with van der Waals surface area (Å²) in [5.41, 5.74) is 7.75. The second-order valence-electron chi connectivity index (χ2n) is 4.32. The molecule has 0 aromatic heterocycles. The normalized spacial score (nSPS) is 9.95. The van der Waals surface area contributed by atoms with Crippen molar-refractivity contribution in [1.82, 2.24) is 10.6 Å². The third-order valence-corrected chi connectivity index (χ3v) is 2.96. The molecular formula is C14H22N4O2. The van der Waals surface area contributed by atoms with E-state index in [9.17, 15) is 9.59 Å². The molecule has 0 aliphatic rings. The SMILES string of the molecule is CCNC(=O)c1ccc(N(CC)CC(=O)NC)c(N)c1. The number of hydrogen-bond acceptors (Lipinski definition) is 4. The predicted molar refractivity (Wildman–Crippen MR) is 80.8 cm³/mol. The monoisotopic (exact) mass is 278 g/mol. The van der Waals surface area contributed by atoms with Crippen molar-refractivity contribution in [1.29, 1.82) is 0 Å². The molecule has 1 rings (SSSR count). The highest BCUT2D eigenvalue weighted by Gasteiger charge is 2.13. The predicted octanol–water partition coefficient (Wildman–Crippen LogP) is 0.591. The molecule has 0 heterocycles. The first kappa shape index (κ1) is 15.8. The molecule has 0 saturated carbocycles. The van der Waals surface area contributed by atoms with E-state index < -0.39 is 0 Å². The number of amides is 2. The fourth-order valence-electron chi connectivity index (χ4n) is 1.87. The topological polar surface area (TPSA) is 87.5 Å². The standard InChI is InChI=1S/C14H22N4O2/c1-4-17-14(20)10-6-7-12(11(15)8-10)18(5-2)9-13(19)16-3/h6-8H,4-5,9,15H2,1-3H3,(H,16,19)(H,17,20). The highest BCUT2D eigenvalue weighted by molar-refractivity contribution is 5.96. The van der Waals surface area contributed by atoms with Crippen LogP contribution >= 0.6 is 0 Å². The van der Waals surface area contributed by atoms with Gasteiger partial charge in [-0.15, -0.1) is 0 Å². The summed E-state index contributed by atoms with van der Waals surface area (Å²) in [7, 11) is 1.59. The summed E-state index contributed by atoms with van der Waals surface area (Å²) < 4.78 is 0. The summed E-state index contributed by atoms with van der Waals surface area (Å²) in [5.74, 6) is -0.237. The molecule has 1 aromatic rings. The second-order valence-corrected chi connectivity index (χ2v) is 4.32. The Morgan fingerprint density at radius 3 is 2.50 bits per heavy atom. The lowest BCUT2D eigenvalue weighted by atomic mass is 10.1. The minimum atomic E-state index is -0.153. The molecule has 6 nitrogen and oxygen atoms in total. The van der Waals surface area contributed by atoms with E-state index in [0.717, 1.165) is 5.69 Å². The third kappa shape index (κ3) is 3.88. The van der Waals surface area contributed by atoms with Gasteiger partial charge in [0.2, 0.25) is 5.91 Å². The van der Waals surface area contributed by atoms with Crippen molar-refractivity contribution in [3.8, 4) is 0 Å². The van der Waals surface area contributed by atoms with Gasteiger partial charge in [0.05, 0.1) is 17.9 Å². The van der Waals surface area contributed by atoms with Crippen LogP contribution in [-0.4, -0.2) is 38.5 Å². The van der Waals surface area contributed by atoms with Gasteiger partial charge in [0.15, 0.2) is 0 Å². The highest BCUT2D eigenvalue weighted by atomic mass is 16.2. The van der Waals surface area contributed by atoms with Gasteiger partial charge in [0, 0.05) is 25.7 Å². The van der Waals surface area contributed by atoms with Crippen LogP contribution in [-0.2, 0) is 4.79 Å². The minimum absolute atomic E-state index is 0.0842. The van der Waals surface area contributed by atoms with E-state index in [-0.39, 0.29) is 18.4 Å². The van der Waals surface area contributed by atoms with Crippen LogP contribution in [0.1, 0.15) is 24.2 Å². The molecule has 2 amide bonds. The van der Waals surface area contributed by atoms with Gasteiger partial charge in [0.1, 0.15) is 0 Å². The van der Waals surface area contributed by atoms with Crippen molar-refractivity contribution in [2.24, 2.45) is 0 Å². The second kappa shape index (κ2) is 7.37. The van der Waals surface area contributed by atoms with Crippen molar-refractivity contribution in [3.63, 3.8) is 0 Å². The maximum Gasteiger partial charge on any atom is 0.251 e. The lowest BCUT2D eigenvalue weighted by Crippen LogP contribution is -2.36. The van der Waals surface area contributed by atoms with E-state index in [0.29, 0.717) is 24.3 Å². The number of anilines is 2. The summed E-state index contributed by atoms with van der Waals surface area (Å²) in [5, 5.41) is 5.30. The average Bonchev–Trinajstić information content (AvgIpc) is 2.45. The van der Waals surface area contributed by atoms with E-state index in [1.807, 2.05) is 18.7 Å². The van der Waals surface area contributed by atoms with Crippen molar-refractivity contribution in [3.05, 3.63) is 23.8 Å². The van der Waals surface area contributed by atoms with Crippen LogP contribution in [0.3, 0.4) is 0 Å². The van der Waals surface area contributed by atoms with Crippen LogP contribution < -0.4 is 21.3 Å². The molecule has 0 unspecified atom stereocenters. The maximum absolute atomic E-state index is 11.7. The quantitative estimate of drug-likeness (QED) is 0.665. The molecule has 0 spiro atoms. The van der Waals surface area contributed by atoms with Gasteiger partial charge in [-0.1, -0.05) is 0 Å². The molecule has 6 heteroatoms. The molecule has 20 heavy (non-hydrogen) atoms. The zero-order valence-corrected chi connectivity index (χ0v) is 12.2. The van der Waals surface area contributed by atoms with Crippen LogP contribution in [0.2, 0.25) is 0 Å². The highest BCUT2D eigenvalue weighted by Crippen LogP contribution is 2.24. The Morgan fingerprint density at radius 2 is 2.00 bits per heavy atom. The molecule has 0 radical (unpaired) electrons. The van der Waals surface area contributed by atoms with Gasteiger partial charge in [-0.2, -0.15) is 0 Å². The molecule has 1 aromatic carbocycles.